The smallest absolute Gasteiger partial charge is 0.354 e. The molecule has 1 saturated heterocycles. The van der Waals surface area contributed by atoms with E-state index in [4.69, 9.17) is 14.6 Å². The molecule has 25 heavy (non-hydrogen) atoms. The van der Waals surface area contributed by atoms with E-state index in [-0.39, 0.29) is 25.3 Å². The van der Waals surface area contributed by atoms with E-state index in [0.29, 0.717) is 18.6 Å². The average molecular weight is 346 g/mol. The highest BCUT2D eigenvalue weighted by atomic mass is 16.5. The lowest BCUT2D eigenvalue weighted by Crippen LogP contribution is -2.30. The molecular weight excluding hydrogens is 328 g/mol. The molecule has 0 aliphatic carbocycles. The molecule has 1 fully saturated rings. The van der Waals surface area contributed by atoms with Gasteiger partial charge < -0.3 is 14.6 Å². The zero-order valence-electron chi connectivity index (χ0n) is 13.4. The highest BCUT2D eigenvalue weighted by Crippen LogP contribution is 2.26. The van der Waals surface area contributed by atoms with Crippen LogP contribution in [0.15, 0.2) is 41.5 Å². The standard InChI is InChI=1S/C16H18N4O5/c21-8-12-6-7-14(25-12)20-10-17-15(19-16(20)23)18-13(22)9-24-11-4-2-1-3-5-11/h1-5,10,12,14,21H,6-9H2,(H,18,19,22,23)/t12-,14+/m0/s1. The lowest BCUT2D eigenvalue weighted by atomic mass is 10.2. The number of aliphatic hydroxyl groups excluding tert-OH is 1. The van der Waals surface area contributed by atoms with Crippen LogP contribution >= 0.6 is 0 Å². The summed E-state index contributed by atoms with van der Waals surface area (Å²) in [7, 11) is 0. The number of nitrogens with one attached hydrogen (secondary N) is 1. The first-order valence-electron chi connectivity index (χ1n) is 7.85. The molecular formula is C16H18N4O5. The first-order valence-corrected chi connectivity index (χ1v) is 7.85. The summed E-state index contributed by atoms with van der Waals surface area (Å²) in [5.41, 5.74) is -0.585. The molecule has 3 rings (SSSR count). The molecule has 1 aliphatic heterocycles. The molecule has 2 heterocycles. The van der Waals surface area contributed by atoms with Crippen molar-refractivity contribution < 1.29 is 19.4 Å². The van der Waals surface area contributed by atoms with Crippen LogP contribution in [0.4, 0.5) is 5.95 Å². The molecule has 1 amide bonds. The zero-order chi connectivity index (χ0) is 17.6. The summed E-state index contributed by atoms with van der Waals surface area (Å²) in [5.74, 6) is -0.0103. The predicted octanol–water partition coefficient (Wildman–Crippen LogP) is 0.326. The van der Waals surface area contributed by atoms with Crippen molar-refractivity contribution >= 4 is 11.9 Å². The number of carbonyl (C=O) groups excluding carboxylic acids is 1. The Labute approximate surface area is 143 Å². The van der Waals surface area contributed by atoms with E-state index in [0.717, 1.165) is 0 Å². The molecule has 0 bridgehead atoms. The van der Waals surface area contributed by atoms with E-state index >= 15 is 0 Å². The maximum Gasteiger partial charge on any atom is 0.354 e. The summed E-state index contributed by atoms with van der Waals surface area (Å²) in [6, 6.07) is 8.88. The Bertz CT molecular complexity index is 780. The Morgan fingerprint density at radius 3 is 2.84 bits per heavy atom. The van der Waals surface area contributed by atoms with Crippen molar-refractivity contribution in [2.24, 2.45) is 0 Å². The molecule has 2 atom stereocenters. The molecule has 0 spiro atoms. The van der Waals surface area contributed by atoms with Crippen LogP contribution in [0.3, 0.4) is 0 Å². The number of ether oxygens (including phenoxy) is 2. The maximum absolute atomic E-state index is 12.1. The number of rotatable bonds is 6. The minimum absolute atomic E-state index is 0.0956. The molecule has 2 N–H and O–H groups in total. The van der Waals surface area contributed by atoms with Crippen LogP contribution in [-0.2, 0) is 9.53 Å². The number of amides is 1. The van der Waals surface area contributed by atoms with Gasteiger partial charge in [-0.15, -0.1) is 0 Å². The van der Waals surface area contributed by atoms with Crippen LogP contribution in [0.25, 0.3) is 0 Å². The Morgan fingerprint density at radius 2 is 2.16 bits per heavy atom. The second-order valence-corrected chi connectivity index (χ2v) is 5.49. The van der Waals surface area contributed by atoms with Crippen LogP contribution < -0.4 is 15.7 Å². The first kappa shape index (κ1) is 17.1. The maximum atomic E-state index is 12.1. The van der Waals surface area contributed by atoms with E-state index in [1.54, 1.807) is 24.3 Å². The predicted molar refractivity (Wildman–Crippen MR) is 87.1 cm³/mol. The van der Waals surface area contributed by atoms with Crippen LogP contribution in [0, 0.1) is 0 Å². The van der Waals surface area contributed by atoms with Crippen molar-refractivity contribution in [3.8, 4) is 5.75 Å². The van der Waals surface area contributed by atoms with Gasteiger partial charge in [-0.1, -0.05) is 18.2 Å². The van der Waals surface area contributed by atoms with Crippen LogP contribution in [0.5, 0.6) is 5.75 Å². The van der Waals surface area contributed by atoms with Crippen LogP contribution in [-0.4, -0.2) is 44.9 Å². The summed E-state index contributed by atoms with van der Waals surface area (Å²) < 4.78 is 12.1. The normalized spacial score (nSPS) is 19.6. The largest absolute Gasteiger partial charge is 0.484 e. The Kier molecular flexibility index (Phi) is 5.36. The van der Waals surface area contributed by atoms with Crippen LogP contribution in [0.1, 0.15) is 19.1 Å². The fourth-order valence-corrected chi connectivity index (χ4v) is 2.45. The second-order valence-electron chi connectivity index (χ2n) is 5.49. The number of para-hydroxylation sites is 1. The fraction of sp³-hybridized carbons (Fsp3) is 0.375. The molecule has 0 saturated carbocycles. The number of aliphatic hydroxyl groups is 1. The molecule has 0 unspecified atom stereocenters. The van der Waals surface area contributed by atoms with Crippen LogP contribution in [0.2, 0.25) is 0 Å². The second kappa shape index (κ2) is 7.86. The first-order chi connectivity index (χ1) is 12.2. The van der Waals surface area contributed by atoms with E-state index in [1.807, 2.05) is 6.07 Å². The molecule has 0 radical (unpaired) electrons. The van der Waals surface area contributed by atoms with E-state index in [1.165, 1.54) is 10.9 Å². The van der Waals surface area contributed by atoms with Crippen molar-refractivity contribution in [2.45, 2.75) is 25.2 Å². The van der Waals surface area contributed by atoms with E-state index in [2.05, 4.69) is 15.3 Å². The number of benzene rings is 1. The third kappa shape index (κ3) is 4.40. The highest BCUT2D eigenvalue weighted by molar-refractivity contribution is 5.90. The number of hydrogen-bond acceptors (Lipinski definition) is 7. The van der Waals surface area contributed by atoms with Crippen molar-refractivity contribution in [1.82, 2.24) is 14.5 Å². The zero-order valence-corrected chi connectivity index (χ0v) is 13.4. The minimum atomic E-state index is -0.585. The van der Waals surface area contributed by atoms with Gasteiger partial charge in [-0.3, -0.25) is 14.7 Å². The van der Waals surface area contributed by atoms with Gasteiger partial charge in [-0.05, 0) is 25.0 Å². The van der Waals surface area contributed by atoms with E-state index < -0.39 is 17.8 Å². The van der Waals surface area contributed by atoms with E-state index in [9.17, 15) is 9.59 Å². The summed E-state index contributed by atoms with van der Waals surface area (Å²) in [6.07, 6.45) is 1.73. The molecule has 1 aromatic heterocycles. The monoisotopic (exact) mass is 346 g/mol. The Hall–Kier alpha value is -2.78. The third-order valence-electron chi connectivity index (χ3n) is 3.69. The van der Waals surface area contributed by atoms with Gasteiger partial charge in [0.25, 0.3) is 5.91 Å². The SMILES string of the molecule is O=C(COc1ccccc1)Nc1ncn([C@H]2CC[C@@H](CO)O2)c(=O)n1. The Balaban J connectivity index is 1.57. The van der Waals surface area contributed by atoms with Crippen molar-refractivity contribution in [1.29, 1.82) is 0 Å². The molecule has 132 valence electrons. The van der Waals surface area contributed by atoms with Gasteiger partial charge in [-0.2, -0.15) is 4.98 Å². The Morgan fingerprint density at radius 1 is 1.36 bits per heavy atom. The summed E-state index contributed by atoms with van der Waals surface area (Å²) >= 11 is 0. The number of carbonyl (C=O) groups is 1. The van der Waals surface area contributed by atoms with Gasteiger partial charge in [0.15, 0.2) is 6.61 Å². The summed E-state index contributed by atoms with van der Waals surface area (Å²) in [5, 5.41) is 11.5. The van der Waals surface area contributed by atoms with Gasteiger partial charge in [0.2, 0.25) is 5.95 Å². The molecule has 1 aromatic carbocycles. The number of nitrogens with zero attached hydrogens (tertiary/aromatic N) is 3. The summed E-state index contributed by atoms with van der Waals surface area (Å²) in [6.45, 7) is -0.317. The number of hydrogen-bond donors (Lipinski definition) is 2. The lowest BCUT2D eigenvalue weighted by Gasteiger charge is -2.14. The third-order valence-corrected chi connectivity index (χ3v) is 3.69. The highest BCUT2D eigenvalue weighted by Gasteiger charge is 2.27. The molecule has 9 nitrogen and oxygen atoms in total. The van der Waals surface area contributed by atoms with Crippen molar-refractivity contribution in [3.63, 3.8) is 0 Å². The average Bonchev–Trinajstić information content (AvgIpc) is 3.10. The lowest BCUT2D eigenvalue weighted by molar-refractivity contribution is -0.118. The summed E-state index contributed by atoms with van der Waals surface area (Å²) in [4.78, 5) is 31.6. The fourth-order valence-electron chi connectivity index (χ4n) is 2.45. The van der Waals surface area contributed by atoms with Crippen molar-refractivity contribution in [3.05, 3.63) is 47.1 Å². The van der Waals surface area contributed by atoms with Gasteiger partial charge in [0.05, 0.1) is 12.7 Å². The quantitative estimate of drug-likeness (QED) is 0.774. The van der Waals surface area contributed by atoms with Gasteiger partial charge >= 0.3 is 5.69 Å². The number of aromatic nitrogens is 3. The minimum Gasteiger partial charge on any atom is -0.484 e. The molecule has 1 aliphatic rings. The molecule has 9 heteroatoms. The topological polar surface area (TPSA) is 116 Å². The van der Waals surface area contributed by atoms with Gasteiger partial charge in [0.1, 0.15) is 18.3 Å². The number of anilines is 1. The van der Waals surface area contributed by atoms with Gasteiger partial charge in [0, 0.05) is 0 Å². The molecule has 2 aromatic rings. The van der Waals surface area contributed by atoms with Gasteiger partial charge in [-0.25, -0.2) is 9.78 Å². The van der Waals surface area contributed by atoms with Crippen molar-refractivity contribution in [2.75, 3.05) is 18.5 Å².